The van der Waals surface area contributed by atoms with Gasteiger partial charge >= 0.3 is 5.97 Å². The summed E-state index contributed by atoms with van der Waals surface area (Å²) in [6.07, 6.45) is 2.97. The van der Waals surface area contributed by atoms with Crippen molar-refractivity contribution in [1.29, 1.82) is 0 Å². The van der Waals surface area contributed by atoms with E-state index in [1.165, 1.54) is 36.1 Å². The molecule has 3 rings (SSSR count). The molecule has 3 aromatic rings. The van der Waals surface area contributed by atoms with Gasteiger partial charge in [-0.25, -0.2) is 9.47 Å². The highest BCUT2D eigenvalue weighted by molar-refractivity contribution is 7.98. The fraction of sp³-hybridized carbons (Fsp3) is 0.154. The third-order valence-corrected chi connectivity index (χ3v) is 3.87. The average Bonchev–Trinajstić information content (AvgIpc) is 3.25. The molecule has 114 valence electrons. The molecular formula is C13H12N4O4S. The number of methoxy groups -OCH3 is 1. The monoisotopic (exact) mass is 320 g/mol. The minimum atomic E-state index is -0.522. The van der Waals surface area contributed by atoms with Crippen LogP contribution in [0.1, 0.15) is 16.1 Å². The molecule has 0 unspecified atom stereocenters. The van der Waals surface area contributed by atoms with Gasteiger partial charge in [0, 0.05) is 11.3 Å². The molecule has 9 heteroatoms. The zero-order valence-electron chi connectivity index (χ0n) is 11.6. The van der Waals surface area contributed by atoms with Gasteiger partial charge in [-0.2, -0.15) is 0 Å². The molecule has 0 aliphatic rings. The summed E-state index contributed by atoms with van der Waals surface area (Å²) in [6, 6.07) is 5.18. The smallest absolute Gasteiger partial charge is 0.374 e. The van der Waals surface area contributed by atoms with Crippen LogP contribution in [0.25, 0.3) is 11.6 Å². The van der Waals surface area contributed by atoms with Gasteiger partial charge in [0.2, 0.25) is 16.7 Å². The summed E-state index contributed by atoms with van der Waals surface area (Å²) < 4.78 is 16.4. The van der Waals surface area contributed by atoms with Gasteiger partial charge in [0.15, 0.2) is 5.76 Å². The lowest BCUT2D eigenvalue weighted by atomic mass is 10.3. The summed E-state index contributed by atoms with van der Waals surface area (Å²) in [7, 11) is 1.30. The van der Waals surface area contributed by atoms with E-state index in [4.69, 9.17) is 14.7 Å². The molecule has 0 saturated heterocycles. The molecule has 2 N–H and O–H groups in total. The van der Waals surface area contributed by atoms with E-state index in [-0.39, 0.29) is 5.76 Å². The van der Waals surface area contributed by atoms with Gasteiger partial charge in [0.05, 0.1) is 19.6 Å². The Labute approximate surface area is 129 Å². The first kappa shape index (κ1) is 14.3. The van der Waals surface area contributed by atoms with Crippen molar-refractivity contribution in [3.05, 3.63) is 42.0 Å². The number of nitrogens with two attached hydrogens (primary N) is 1. The molecule has 0 saturated carbocycles. The Morgan fingerprint density at radius 2 is 2.23 bits per heavy atom. The van der Waals surface area contributed by atoms with Gasteiger partial charge in [-0.1, -0.05) is 11.8 Å². The van der Waals surface area contributed by atoms with E-state index >= 15 is 0 Å². The minimum absolute atomic E-state index is 0.171. The highest BCUT2D eigenvalue weighted by Gasteiger charge is 2.18. The minimum Gasteiger partial charge on any atom is -0.463 e. The Hall–Kier alpha value is -2.68. The van der Waals surface area contributed by atoms with E-state index in [9.17, 15) is 4.79 Å². The maximum absolute atomic E-state index is 11.5. The first-order valence-corrected chi connectivity index (χ1v) is 7.21. The van der Waals surface area contributed by atoms with Crippen LogP contribution in [0, 0.1) is 0 Å². The second kappa shape index (κ2) is 5.98. The van der Waals surface area contributed by atoms with E-state index in [1.54, 1.807) is 18.2 Å². The van der Waals surface area contributed by atoms with Crippen molar-refractivity contribution in [3.8, 4) is 11.6 Å². The zero-order valence-corrected chi connectivity index (χ0v) is 12.4. The van der Waals surface area contributed by atoms with Crippen molar-refractivity contribution in [3.63, 3.8) is 0 Å². The number of carbonyl (C=O) groups is 1. The van der Waals surface area contributed by atoms with Crippen molar-refractivity contribution >= 4 is 17.7 Å². The fourth-order valence-corrected chi connectivity index (χ4v) is 2.65. The van der Waals surface area contributed by atoms with Gasteiger partial charge < -0.3 is 19.4 Å². The summed E-state index contributed by atoms with van der Waals surface area (Å²) in [6.45, 7) is 0. The summed E-state index contributed by atoms with van der Waals surface area (Å²) in [5, 5.41) is 8.49. The van der Waals surface area contributed by atoms with Crippen LogP contribution in [0.3, 0.4) is 0 Å². The topological polar surface area (TPSA) is 109 Å². The van der Waals surface area contributed by atoms with Crippen LogP contribution >= 0.6 is 11.8 Å². The number of nitrogen functional groups attached to an aromatic ring is 1. The summed E-state index contributed by atoms with van der Waals surface area (Å²) in [5.74, 6) is 6.99. The van der Waals surface area contributed by atoms with Crippen molar-refractivity contribution < 1.29 is 18.4 Å². The van der Waals surface area contributed by atoms with E-state index in [1.807, 2.05) is 0 Å². The SMILES string of the molecule is COC(=O)c1occc1CSc1nnc(-c2ccco2)n1N. The first-order chi connectivity index (χ1) is 10.7. The quantitative estimate of drug-likeness (QED) is 0.431. The van der Waals surface area contributed by atoms with Crippen molar-refractivity contribution in [2.24, 2.45) is 0 Å². The first-order valence-electron chi connectivity index (χ1n) is 6.22. The molecule has 3 aromatic heterocycles. The van der Waals surface area contributed by atoms with E-state index in [0.717, 1.165) is 0 Å². The number of carbonyl (C=O) groups excluding carboxylic acids is 1. The Morgan fingerprint density at radius 3 is 2.95 bits per heavy atom. The molecule has 22 heavy (non-hydrogen) atoms. The number of ether oxygens (including phenoxy) is 1. The zero-order chi connectivity index (χ0) is 15.5. The Balaban J connectivity index is 1.75. The molecule has 8 nitrogen and oxygen atoms in total. The molecule has 0 atom stereocenters. The summed E-state index contributed by atoms with van der Waals surface area (Å²) in [4.78, 5) is 11.5. The number of furan rings is 2. The molecule has 0 amide bonds. The Kier molecular flexibility index (Phi) is 3.88. The Bertz CT molecular complexity index is 778. The molecule has 0 fully saturated rings. The summed E-state index contributed by atoms with van der Waals surface area (Å²) in [5.41, 5.74) is 0.694. The highest BCUT2D eigenvalue weighted by atomic mass is 32.2. The summed E-state index contributed by atoms with van der Waals surface area (Å²) >= 11 is 1.32. The van der Waals surface area contributed by atoms with Crippen LogP contribution in [0.4, 0.5) is 0 Å². The third kappa shape index (κ3) is 2.58. The van der Waals surface area contributed by atoms with Crippen molar-refractivity contribution in [1.82, 2.24) is 14.9 Å². The largest absolute Gasteiger partial charge is 0.463 e. The average molecular weight is 320 g/mol. The van der Waals surface area contributed by atoms with Crippen molar-refractivity contribution in [2.45, 2.75) is 10.9 Å². The molecule has 0 spiro atoms. The predicted molar refractivity (Wildman–Crippen MR) is 77.5 cm³/mol. The second-order valence-electron chi connectivity index (χ2n) is 4.21. The number of aromatic nitrogens is 3. The molecule has 0 bridgehead atoms. The molecule has 0 aliphatic heterocycles. The normalized spacial score (nSPS) is 10.8. The van der Waals surface area contributed by atoms with Crippen molar-refractivity contribution in [2.75, 3.05) is 13.0 Å². The van der Waals surface area contributed by atoms with Crippen LogP contribution in [0.2, 0.25) is 0 Å². The van der Waals surface area contributed by atoms with Crippen LogP contribution in [0.15, 0.2) is 44.7 Å². The number of thioether (sulfide) groups is 1. The third-order valence-electron chi connectivity index (χ3n) is 2.88. The fourth-order valence-electron chi connectivity index (χ4n) is 1.81. The van der Waals surface area contributed by atoms with E-state index in [0.29, 0.717) is 28.1 Å². The maximum atomic E-state index is 11.5. The lowest BCUT2D eigenvalue weighted by Crippen LogP contribution is -2.11. The van der Waals surface area contributed by atoms with Gasteiger partial charge in [0.1, 0.15) is 0 Å². The molecule has 0 radical (unpaired) electrons. The molecule has 3 heterocycles. The lowest BCUT2D eigenvalue weighted by Gasteiger charge is -2.02. The van der Waals surface area contributed by atoms with Crippen LogP contribution in [-0.2, 0) is 10.5 Å². The second-order valence-corrected chi connectivity index (χ2v) is 5.15. The highest BCUT2D eigenvalue weighted by Crippen LogP contribution is 2.26. The predicted octanol–water partition coefficient (Wildman–Crippen LogP) is 1.92. The number of esters is 1. The van der Waals surface area contributed by atoms with Crippen LogP contribution < -0.4 is 5.84 Å². The standard InChI is InChI=1S/C13H12N4O4S/c1-19-12(18)10-8(4-6-21-10)7-22-13-16-15-11(17(13)14)9-3-2-5-20-9/h2-6H,7,14H2,1H3. The van der Waals surface area contributed by atoms with Gasteiger partial charge in [0.25, 0.3) is 0 Å². The van der Waals surface area contributed by atoms with Crippen LogP contribution in [-0.4, -0.2) is 28.0 Å². The van der Waals surface area contributed by atoms with Crippen LogP contribution in [0.5, 0.6) is 0 Å². The molecular weight excluding hydrogens is 308 g/mol. The van der Waals surface area contributed by atoms with E-state index in [2.05, 4.69) is 14.9 Å². The number of rotatable bonds is 5. The lowest BCUT2D eigenvalue weighted by molar-refractivity contribution is 0.0564. The maximum Gasteiger partial charge on any atom is 0.374 e. The number of nitrogens with zero attached hydrogens (tertiary/aromatic N) is 3. The molecule has 0 aromatic carbocycles. The van der Waals surface area contributed by atoms with Gasteiger partial charge in [-0.05, 0) is 18.2 Å². The number of hydrogen-bond donors (Lipinski definition) is 1. The van der Waals surface area contributed by atoms with Gasteiger partial charge in [-0.3, -0.25) is 0 Å². The molecule has 0 aliphatic carbocycles. The van der Waals surface area contributed by atoms with Gasteiger partial charge in [-0.15, -0.1) is 10.2 Å². The van der Waals surface area contributed by atoms with E-state index < -0.39 is 5.97 Å². The Morgan fingerprint density at radius 1 is 1.36 bits per heavy atom. The number of hydrogen-bond acceptors (Lipinski definition) is 8.